The third kappa shape index (κ3) is 4.77. The number of nitrogens with one attached hydrogen (secondary N) is 1. The van der Waals surface area contributed by atoms with Crippen LogP contribution in [0.3, 0.4) is 0 Å². The molecule has 0 saturated carbocycles. The quantitative estimate of drug-likeness (QED) is 0.667. The fraction of sp³-hybridized carbons (Fsp3) is 0.409. The van der Waals surface area contributed by atoms with Gasteiger partial charge in [-0.25, -0.2) is 8.42 Å². The number of sulfonamides is 1. The second kappa shape index (κ2) is 9.57. The molecule has 2 aromatic rings. The Balaban J connectivity index is 1.90. The van der Waals surface area contributed by atoms with E-state index in [1.807, 2.05) is 6.92 Å². The van der Waals surface area contributed by atoms with Gasteiger partial charge in [-0.2, -0.15) is 4.31 Å². The summed E-state index contributed by atoms with van der Waals surface area (Å²) >= 11 is 0. The van der Waals surface area contributed by atoms with Crippen LogP contribution in [0.1, 0.15) is 41.7 Å². The van der Waals surface area contributed by atoms with Crippen LogP contribution in [0.5, 0.6) is 17.2 Å². The fourth-order valence-electron chi connectivity index (χ4n) is 3.63. The first-order chi connectivity index (χ1) is 14.8. The van der Waals surface area contributed by atoms with Crippen molar-refractivity contribution in [2.24, 2.45) is 0 Å². The predicted octanol–water partition coefficient (Wildman–Crippen LogP) is 2.99. The van der Waals surface area contributed by atoms with Gasteiger partial charge in [0.15, 0.2) is 0 Å². The van der Waals surface area contributed by atoms with Gasteiger partial charge in [0.05, 0.1) is 37.8 Å². The number of ether oxygens (including phenoxy) is 3. The highest BCUT2D eigenvalue weighted by atomic mass is 32.2. The standard InChI is InChI=1S/C22H28N2O6S/c1-15(18-13-16(28-2)7-9-20(18)29-3)23-22(25)19-14-17(8-10-21(19)30-4)31(26,27)24-11-5-6-12-24/h7-10,13-15H,5-6,11-12H2,1-4H3,(H,23,25)/t15-/m0/s1. The van der Waals surface area contributed by atoms with E-state index in [0.29, 0.717) is 30.3 Å². The molecular weight excluding hydrogens is 420 g/mol. The predicted molar refractivity (Wildman–Crippen MR) is 116 cm³/mol. The Labute approximate surface area is 183 Å². The Morgan fingerprint density at radius 3 is 2.23 bits per heavy atom. The molecule has 1 N–H and O–H groups in total. The van der Waals surface area contributed by atoms with Crippen molar-refractivity contribution >= 4 is 15.9 Å². The second-order valence-corrected chi connectivity index (χ2v) is 9.21. The summed E-state index contributed by atoms with van der Waals surface area (Å²) < 4.78 is 43.3. The summed E-state index contributed by atoms with van der Waals surface area (Å²) in [6.07, 6.45) is 1.67. The molecule has 1 fully saturated rings. The molecule has 0 aliphatic carbocycles. The third-order valence-electron chi connectivity index (χ3n) is 5.37. The first kappa shape index (κ1) is 22.9. The lowest BCUT2D eigenvalue weighted by Gasteiger charge is -2.20. The maximum atomic E-state index is 13.1. The average molecular weight is 449 g/mol. The zero-order valence-electron chi connectivity index (χ0n) is 18.2. The largest absolute Gasteiger partial charge is 0.497 e. The van der Waals surface area contributed by atoms with Crippen molar-refractivity contribution in [3.05, 3.63) is 47.5 Å². The minimum atomic E-state index is -3.66. The van der Waals surface area contributed by atoms with Crippen molar-refractivity contribution in [1.29, 1.82) is 0 Å². The van der Waals surface area contributed by atoms with Crippen LogP contribution < -0.4 is 19.5 Å². The molecule has 1 aliphatic rings. The molecule has 168 valence electrons. The lowest BCUT2D eigenvalue weighted by molar-refractivity contribution is 0.0936. The number of benzene rings is 2. The van der Waals surface area contributed by atoms with Crippen LogP contribution in [0.2, 0.25) is 0 Å². The van der Waals surface area contributed by atoms with Crippen molar-refractivity contribution in [3.63, 3.8) is 0 Å². The molecule has 0 bridgehead atoms. The summed E-state index contributed by atoms with van der Waals surface area (Å²) in [4.78, 5) is 13.2. The van der Waals surface area contributed by atoms with Gasteiger partial charge in [-0.3, -0.25) is 4.79 Å². The molecule has 31 heavy (non-hydrogen) atoms. The molecule has 1 aliphatic heterocycles. The van der Waals surface area contributed by atoms with E-state index >= 15 is 0 Å². The summed E-state index contributed by atoms with van der Waals surface area (Å²) in [6.45, 7) is 2.79. The Morgan fingerprint density at radius 2 is 1.61 bits per heavy atom. The van der Waals surface area contributed by atoms with E-state index in [2.05, 4.69) is 5.32 Å². The van der Waals surface area contributed by atoms with Crippen molar-refractivity contribution in [2.45, 2.75) is 30.7 Å². The Kier molecular flexibility index (Phi) is 7.07. The summed E-state index contributed by atoms with van der Waals surface area (Å²) in [5.74, 6) is 1.08. The number of rotatable bonds is 8. The van der Waals surface area contributed by atoms with Gasteiger partial charge in [-0.1, -0.05) is 0 Å². The molecule has 1 atom stereocenters. The molecule has 8 nitrogen and oxygen atoms in total. The molecule has 1 amide bonds. The van der Waals surface area contributed by atoms with Crippen LogP contribution in [0.25, 0.3) is 0 Å². The van der Waals surface area contributed by atoms with Crippen LogP contribution in [-0.4, -0.2) is 53.0 Å². The third-order valence-corrected chi connectivity index (χ3v) is 7.26. The molecule has 0 radical (unpaired) electrons. The highest BCUT2D eigenvalue weighted by Gasteiger charge is 2.29. The summed E-state index contributed by atoms with van der Waals surface area (Å²) in [7, 11) is 0.894. The van der Waals surface area contributed by atoms with E-state index in [4.69, 9.17) is 14.2 Å². The maximum absolute atomic E-state index is 13.1. The highest BCUT2D eigenvalue weighted by Crippen LogP contribution is 2.31. The van der Waals surface area contributed by atoms with Crippen LogP contribution in [-0.2, 0) is 10.0 Å². The van der Waals surface area contributed by atoms with Crippen LogP contribution >= 0.6 is 0 Å². The average Bonchev–Trinajstić information content (AvgIpc) is 3.34. The summed E-state index contributed by atoms with van der Waals surface area (Å²) in [5, 5.41) is 2.90. The van der Waals surface area contributed by atoms with Gasteiger partial charge in [-0.05, 0) is 56.2 Å². The molecule has 0 aromatic heterocycles. The lowest BCUT2D eigenvalue weighted by Crippen LogP contribution is -2.29. The Morgan fingerprint density at radius 1 is 0.968 bits per heavy atom. The molecule has 3 rings (SSSR count). The Hall–Kier alpha value is -2.78. The Bertz CT molecular complexity index is 1050. The van der Waals surface area contributed by atoms with E-state index in [1.165, 1.54) is 29.6 Å². The van der Waals surface area contributed by atoms with Gasteiger partial charge in [-0.15, -0.1) is 0 Å². The zero-order valence-corrected chi connectivity index (χ0v) is 19.0. The number of hydrogen-bond donors (Lipinski definition) is 1. The normalized spacial score (nSPS) is 15.4. The first-order valence-electron chi connectivity index (χ1n) is 10.0. The zero-order chi connectivity index (χ0) is 22.6. The summed E-state index contributed by atoms with van der Waals surface area (Å²) in [6, 6.07) is 9.24. The number of carbonyl (C=O) groups excluding carboxylic acids is 1. The van der Waals surface area contributed by atoms with Gasteiger partial charge in [0.1, 0.15) is 17.2 Å². The minimum absolute atomic E-state index is 0.0759. The van der Waals surface area contributed by atoms with E-state index in [-0.39, 0.29) is 10.5 Å². The highest BCUT2D eigenvalue weighted by molar-refractivity contribution is 7.89. The van der Waals surface area contributed by atoms with E-state index in [0.717, 1.165) is 18.4 Å². The number of nitrogens with zero attached hydrogens (tertiary/aromatic N) is 1. The smallest absolute Gasteiger partial charge is 0.255 e. The molecule has 2 aromatic carbocycles. The SMILES string of the molecule is COc1ccc(OC)c([C@H](C)NC(=O)c2cc(S(=O)(=O)N3CCCC3)ccc2OC)c1. The van der Waals surface area contributed by atoms with Gasteiger partial charge in [0.2, 0.25) is 10.0 Å². The van der Waals surface area contributed by atoms with Crippen molar-refractivity contribution in [3.8, 4) is 17.2 Å². The molecular formula is C22H28N2O6S. The summed E-state index contributed by atoms with van der Waals surface area (Å²) in [5.41, 5.74) is 0.881. The van der Waals surface area contributed by atoms with Gasteiger partial charge < -0.3 is 19.5 Å². The van der Waals surface area contributed by atoms with Crippen LogP contribution in [0.4, 0.5) is 0 Å². The number of hydrogen-bond acceptors (Lipinski definition) is 6. The first-order valence-corrected chi connectivity index (χ1v) is 11.5. The van der Waals surface area contributed by atoms with Gasteiger partial charge >= 0.3 is 0 Å². The number of amides is 1. The van der Waals surface area contributed by atoms with Gasteiger partial charge in [0, 0.05) is 18.7 Å². The number of methoxy groups -OCH3 is 3. The second-order valence-electron chi connectivity index (χ2n) is 7.28. The van der Waals surface area contributed by atoms with Crippen molar-refractivity contribution in [2.75, 3.05) is 34.4 Å². The van der Waals surface area contributed by atoms with Crippen molar-refractivity contribution in [1.82, 2.24) is 9.62 Å². The maximum Gasteiger partial charge on any atom is 0.255 e. The lowest BCUT2D eigenvalue weighted by atomic mass is 10.1. The topological polar surface area (TPSA) is 94.2 Å². The van der Waals surface area contributed by atoms with E-state index in [9.17, 15) is 13.2 Å². The van der Waals surface area contributed by atoms with Gasteiger partial charge in [0.25, 0.3) is 5.91 Å². The van der Waals surface area contributed by atoms with E-state index < -0.39 is 22.0 Å². The molecule has 1 saturated heterocycles. The number of carbonyl (C=O) groups is 1. The molecule has 1 heterocycles. The van der Waals surface area contributed by atoms with E-state index in [1.54, 1.807) is 32.4 Å². The van der Waals surface area contributed by atoms with Crippen LogP contribution in [0, 0.1) is 0 Å². The van der Waals surface area contributed by atoms with Crippen LogP contribution in [0.15, 0.2) is 41.3 Å². The molecule has 0 unspecified atom stereocenters. The van der Waals surface area contributed by atoms with Crippen molar-refractivity contribution < 1.29 is 27.4 Å². The fourth-order valence-corrected chi connectivity index (χ4v) is 5.18. The molecule has 9 heteroatoms. The molecule has 0 spiro atoms. The minimum Gasteiger partial charge on any atom is -0.497 e. The monoisotopic (exact) mass is 448 g/mol.